The fourth-order valence-electron chi connectivity index (χ4n) is 0.660. The molecule has 0 aromatic carbocycles. The maximum Gasteiger partial charge on any atom is 0.306 e. The average molecular weight is 176 g/mol. The first-order chi connectivity index (χ1) is 5.35. The Morgan fingerprint density at radius 2 is 2.17 bits per heavy atom. The first kappa shape index (κ1) is 11.1. The highest BCUT2D eigenvalue weighted by molar-refractivity contribution is 5.73. The molecule has 0 amide bonds. The predicted molar refractivity (Wildman–Crippen MR) is 39.5 cm³/mol. The minimum Gasteiger partial charge on any atom is -0.481 e. The first-order valence-corrected chi connectivity index (χ1v) is 3.42. The van der Waals surface area contributed by atoms with Gasteiger partial charge in [-0.2, -0.15) is 0 Å². The van der Waals surface area contributed by atoms with Crippen LogP contribution >= 0.6 is 0 Å². The Morgan fingerprint density at radius 1 is 1.67 bits per heavy atom. The Hall–Kier alpha value is -0.940. The van der Waals surface area contributed by atoms with Crippen molar-refractivity contribution in [2.24, 2.45) is 0 Å². The molecule has 2 N–H and O–H groups in total. The molecular weight excluding hydrogens is 164 g/mol. The Kier molecular flexibility index (Phi) is 3.85. The van der Waals surface area contributed by atoms with Gasteiger partial charge in [0.05, 0.1) is 6.42 Å². The summed E-state index contributed by atoms with van der Waals surface area (Å²) >= 11 is 0. The van der Waals surface area contributed by atoms with Crippen LogP contribution in [0.1, 0.15) is 20.3 Å². The van der Waals surface area contributed by atoms with Gasteiger partial charge in [-0.05, 0) is 13.8 Å². The van der Waals surface area contributed by atoms with E-state index in [0.717, 1.165) is 0 Å². The number of carbonyl (C=O) groups excluding carboxylic acids is 1. The molecular formula is C7H12O5. The number of rotatable bonds is 5. The zero-order chi connectivity index (χ0) is 9.78. The average Bonchev–Trinajstić information content (AvgIpc) is 1.82. The molecule has 0 bridgehead atoms. The van der Waals surface area contributed by atoms with Crippen LogP contribution in [-0.2, 0) is 14.3 Å². The maximum atomic E-state index is 10.2. The van der Waals surface area contributed by atoms with Crippen LogP contribution in [0.15, 0.2) is 0 Å². The Bertz CT molecular complexity index is 169. The fraction of sp³-hybridized carbons (Fsp3) is 0.714. The van der Waals surface area contributed by atoms with Crippen LogP contribution in [0.4, 0.5) is 0 Å². The van der Waals surface area contributed by atoms with Gasteiger partial charge in [0.15, 0.2) is 5.79 Å². The number of aliphatic hydroxyl groups is 1. The molecule has 0 aliphatic carbocycles. The van der Waals surface area contributed by atoms with Crippen LogP contribution in [0, 0.1) is 0 Å². The molecule has 0 aliphatic rings. The second kappa shape index (κ2) is 4.18. The zero-order valence-electron chi connectivity index (χ0n) is 6.98. The number of hydrogen-bond donors (Lipinski definition) is 2. The van der Waals surface area contributed by atoms with E-state index in [1.807, 2.05) is 0 Å². The lowest BCUT2D eigenvalue weighted by molar-refractivity contribution is -0.204. The van der Waals surface area contributed by atoms with Gasteiger partial charge in [0.1, 0.15) is 12.4 Å². The second-order valence-corrected chi connectivity index (χ2v) is 2.84. The quantitative estimate of drug-likeness (QED) is 0.446. The largest absolute Gasteiger partial charge is 0.481 e. The van der Waals surface area contributed by atoms with E-state index in [9.17, 15) is 9.59 Å². The number of carboxylic acid groups (broad SMARTS) is 1. The van der Waals surface area contributed by atoms with Crippen LogP contribution in [0.5, 0.6) is 0 Å². The van der Waals surface area contributed by atoms with E-state index in [1.165, 1.54) is 13.8 Å². The van der Waals surface area contributed by atoms with Crippen LogP contribution in [0.2, 0.25) is 0 Å². The number of hydrogen-bond acceptors (Lipinski definition) is 4. The van der Waals surface area contributed by atoms with Crippen molar-refractivity contribution in [2.75, 3.05) is 0 Å². The smallest absolute Gasteiger partial charge is 0.306 e. The Labute approximate surface area is 70.0 Å². The topological polar surface area (TPSA) is 83.8 Å². The summed E-state index contributed by atoms with van der Waals surface area (Å²) in [4.78, 5) is 20.4. The number of carbonyl (C=O) groups is 2. The molecule has 0 saturated heterocycles. The number of ether oxygens (including phenoxy) is 1. The van der Waals surface area contributed by atoms with Crippen molar-refractivity contribution in [3.05, 3.63) is 0 Å². The van der Waals surface area contributed by atoms with Crippen LogP contribution < -0.4 is 0 Å². The molecule has 0 rings (SSSR count). The molecule has 12 heavy (non-hydrogen) atoms. The lowest BCUT2D eigenvalue weighted by Gasteiger charge is -2.21. The van der Waals surface area contributed by atoms with Gasteiger partial charge in [-0.3, -0.25) is 4.79 Å². The normalized spacial score (nSPS) is 13.9. The lowest BCUT2D eigenvalue weighted by Crippen LogP contribution is -2.32. The zero-order valence-corrected chi connectivity index (χ0v) is 6.98. The third kappa shape index (κ3) is 5.82. The summed E-state index contributed by atoms with van der Waals surface area (Å²) in [7, 11) is 0. The SMILES string of the molecule is CC(C)(O)O[C@@H](C=O)CC(=O)O. The van der Waals surface area contributed by atoms with Gasteiger partial charge in [0.25, 0.3) is 0 Å². The van der Waals surface area contributed by atoms with Crippen LogP contribution in [0.3, 0.4) is 0 Å². The standard InChI is InChI=1S/C7H12O5/c1-7(2,11)12-5(4-8)3-6(9)10/h4-5,11H,3H2,1-2H3,(H,9,10)/t5-/m1/s1. The minimum absolute atomic E-state index is 0.353. The van der Waals surface area contributed by atoms with Crippen molar-refractivity contribution >= 4 is 12.3 Å². The summed E-state index contributed by atoms with van der Waals surface area (Å²) in [5, 5.41) is 17.3. The third-order valence-electron chi connectivity index (χ3n) is 0.967. The summed E-state index contributed by atoms with van der Waals surface area (Å²) in [6.07, 6.45) is -1.18. The second-order valence-electron chi connectivity index (χ2n) is 2.84. The summed E-state index contributed by atoms with van der Waals surface area (Å²) < 4.78 is 4.70. The van der Waals surface area contributed by atoms with Crippen molar-refractivity contribution in [3.8, 4) is 0 Å². The van der Waals surface area contributed by atoms with E-state index in [1.54, 1.807) is 0 Å². The lowest BCUT2D eigenvalue weighted by atomic mass is 10.2. The fourth-order valence-corrected chi connectivity index (χ4v) is 0.660. The van der Waals surface area contributed by atoms with E-state index in [0.29, 0.717) is 6.29 Å². The molecule has 0 aromatic heterocycles. The highest BCUT2D eigenvalue weighted by atomic mass is 16.6. The minimum atomic E-state index is -1.49. The molecule has 0 unspecified atom stereocenters. The molecule has 0 radical (unpaired) electrons. The van der Waals surface area contributed by atoms with Crippen LogP contribution in [-0.4, -0.2) is 34.4 Å². The number of carboxylic acids is 1. The number of aliphatic carboxylic acids is 1. The van der Waals surface area contributed by atoms with Crippen molar-refractivity contribution in [2.45, 2.75) is 32.2 Å². The third-order valence-corrected chi connectivity index (χ3v) is 0.967. The van der Waals surface area contributed by atoms with Gasteiger partial charge in [0, 0.05) is 0 Å². The number of aldehydes is 1. The van der Waals surface area contributed by atoms with Crippen molar-refractivity contribution in [3.63, 3.8) is 0 Å². The van der Waals surface area contributed by atoms with E-state index in [2.05, 4.69) is 0 Å². The van der Waals surface area contributed by atoms with E-state index >= 15 is 0 Å². The monoisotopic (exact) mass is 176 g/mol. The van der Waals surface area contributed by atoms with Gasteiger partial charge in [0.2, 0.25) is 0 Å². The predicted octanol–water partition coefficient (Wildman–Crippen LogP) is -0.226. The molecule has 5 nitrogen and oxygen atoms in total. The molecule has 1 atom stereocenters. The van der Waals surface area contributed by atoms with E-state index in [4.69, 9.17) is 14.9 Å². The molecule has 0 aromatic rings. The van der Waals surface area contributed by atoms with Gasteiger partial charge >= 0.3 is 5.97 Å². The van der Waals surface area contributed by atoms with E-state index < -0.39 is 24.3 Å². The molecule has 0 aliphatic heterocycles. The Balaban J connectivity index is 4.00. The Morgan fingerprint density at radius 3 is 2.42 bits per heavy atom. The van der Waals surface area contributed by atoms with E-state index in [-0.39, 0.29) is 0 Å². The van der Waals surface area contributed by atoms with Gasteiger partial charge in [-0.25, -0.2) is 0 Å². The highest BCUT2D eigenvalue weighted by Gasteiger charge is 2.21. The summed E-state index contributed by atoms with van der Waals surface area (Å²) in [6.45, 7) is 2.65. The van der Waals surface area contributed by atoms with Crippen molar-refractivity contribution in [1.82, 2.24) is 0 Å². The summed E-state index contributed by atoms with van der Waals surface area (Å²) in [5.41, 5.74) is 0. The first-order valence-electron chi connectivity index (χ1n) is 3.42. The van der Waals surface area contributed by atoms with Crippen LogP contribution in [0.25, 0.3) is 0 Å². The molecule has 0 spiro atoms. The van der Waals surface area contributed by atoms with Gasteiger partial charge < -0.3 is 19.7 Å². The summed E-state index contributed by atoms with van der Waals surface area (Å²) in [6, 6.07) is 0. The molecule has 0 saturated carbocycles. The molecule has 5 heteroatoms. The van der Waals surface area contributed by atoms with Gasteiger partial charge in [-0.15, -0.1) is 0 Å². The van der Waals surface area contributed by atoms with Crippen molar-refractivity contribution in [1.29, 1.82) is 0 Å². The molecule has 0 heterocycles. The highest BCUT2D eigenvalue weighted by Crippen LogP contribution is 2.08. The van der Waals surface area contributed by atoms with Crippen molar-refractivity contribution < 1.29 is 24.5 Å². The summed E-state index contributed by atoms with van der Waals surface area (Å²) in [5.74, 6) is -2.63. The molecule has 70 valence electrons. The molecule has 0 fully saturated rings. The maximum absolute atomic E-state index is 10.2. The van der Waals surface area contributed by atoms with Gasteiger partial charge in [-0.1, -0.05) is 0 Å².